The molecular formula is C17H17N7. The van der Waals surface area contributed by atoms with Crippen LogP contribution < -0.4 is 5.32 Å². The normalized spacial score (nSPS) is 12.4. The third-order valence-electron chi connectivity index (χ3n) is 3.92. The zero-order valence-corrected chi connectivity index (χ0v) is 13.5. The number of benzene rings is 1. The fourth-order valence-electron chi connectivity index (χ4n) is 2.84. The lowest BCUT2D eigenvalue weighted by Gasteiger charge is -2.19. The van der Waals surface area contributed by atoms with Gasteiger partial charge in [-0.1, -0.05) is 18.2 Å². The standard InChI is InChI=1S/C17H17N7/c1-12-10-15(17-21-18-11-24(17)22-12)20-13(2)14-6-3-4-7-16(14)23-9-5-8-19-23/h3-11,13,20H,1-2H3. The Morgan fingerprint density at radius 2 is 2.04 bits per heavy atom. The number of aryl methyl sites for hydroxylation is 1. The number of anilines is 1. The van der Waals surface area contributed by atoms with Crippen LogP contribution in [-0.4, -0.2) is 29.6 Å². The van der Waals surface area contributed by atoms with E-state index in [0.29, 0.717) is 5.65 Å². The summed E-state index contributed by atoms with van der Waals surface area (Å²) in [7, 11) is 0. The molecule has 0 amide bonds. The Balaban J connectivity index is 1.72. The van der Waals surface area contributed by atoms with Crippen LogP contribution >= 0.6 is 0 Å². The maximum absolute atomic E-state index is 4.37. The van der Waals surface area contributed by atoms with Gasteiger partial charge >= 0.3 is 0 Å². The van der Waals surface area contributed by atoms with Crippen molar-refractivity contribution >= 4 is 11.3 Å². The molecule has 0 aliphatic rings. The summed E-state index contributed by atoms with van der Waals surface area (Å²) in [5, 5.41) is 20.3. The summed E-state index contributed by atoms with van der Waals surface area (Å²) in [4.78, 5) is 0. The number of hydrogen-bond donors (Lipinski definition) is 1. The predicted molar refractivity (Wildman–Crippen MR) is 91.1 cm³/mol. The third-order valence-corrected chi connectivity index (χ3v) is 3.92. The Hall–Kier alpha value is -3.22. The molecule has 7 nitrogen and oxygen atoms in total. The Morgan fingerprint density at radius 1 is 1.17 bits per heavy atom. The highest BCUT2D eigenvalue weighted by Gasteiger charge is 2.14. The molecule has 0 fully saturated rings. The van der Waals surface area contributed by atoms with Gasteiger partial charge in [0.2, 0.25) is 5.65 Å². The molecule has 1 unspecified atom stereocenters. The minimum absolute atomic E-state index is 0.0627. The zero-order chi connectivity index (χ0) is 16.5. The van der Waals surface area contributed by atoms with Gasteiger partial charge in [-0.3, -0.25) is 0 Å². The van der Waals surface area contributed by atoms with E-state index in [1.807, 2.05) is 42.1 Å². The van der Waals surface area contributed by atoms with Gasteiger partial charge in [-0.25, -0.2) is 4.68 Å². The molecule has 7 heteroatoms. The highest BCUT2D eigenvalue weighted by molar-refractivity contribution is 5.67. The second kappa shape index (κ2) is 5.77. The van der Waals surface area contributed by atoms with Crippen LogP contribution in [0.1, 0.15) is 24.2 Å². The van der Waals surface area contributed by atoms with Crippen LogP contribution in [0.15, 0.2) is 55.1 Å². The van der Waals surface area contributed by atoms with Gasteiger partial charge in [0.25, 0.3) is 0 Å². The number of rotatable bonds is 4. The Kier molecular flexibility index (Phi) is 3.45. The summed E-state index contributed by atoms with van der Waals surface area (Å²) in [6, 6.07) is 12.2. The van der Waals surface area contributed by atoms with Crippen molar-refractivity contribution in [2.45, 2.75) is 19.9 Å². The SMILES string of the molecule is Cc1cc(NC(C)c2ccccc2-n2cccn2)c2nncn2n1. The molecular weight excluding hydrogens is 302 g/mol. The molecule has 0 aliphatic heterocycles. The Bertz CT molecular complexity index is 972. The number of nitrogens with zero attached hydrogens (tertiary/aromatic N) is 6. The van der Waals surface area contributed by atoms with Crippen LogP contribution in [0.3, 0.4) is 0 Å². The van der Waals surface area contributed by atoms with Crippen LogP contribution in [0.5, 0.6) is 0 Å². The molecule has 3 aromatic heterocycles. The van der Waals surface area contributed by atoms with Crippen molar-refractivity contribution in [3.8, 4) is 5.69 Å². The summed E-state index contributed by atoms with van der Waals surface area (Å²) in [5.74, 6) is 0. The maximum Gasteiger partial charge on any atom is 0.200 e. The summed E-state index contributed by atoms with van der Waals surface area (Å²) < 4.78 is 3.56. The highest BCUT2D eigenvalue weighted by atomic mass is 15.3. The van der Waals surface area contributed by atoms with Crippen molar-refractivity contribution in [3.05, 3.63) is 66.4 Å². The van der Waals surface area contributed by atoms with E-state index in [9.17, 15) is 0 Å². The average molecular weight is 319 g/mol. The van der Waals surface area contributed by atoms with Crippen LogP contribution in [0, 0.1) is 6.92 Å². The number of para-hydroxylation sites is 1. The monoisotopic (exact) mass is 319 g/mol. The Labute approximate surface area is 139 Å². The number of hydrogen-bond acceptors (Lipinski definition) is 5. The van der Waals surface area contributed by atoms with Crippen LogP contribution in [0.25, 0.3) is 11.3 Å². The van der Waals surface area contributed by atoms with E-state index in [4.69, 9.17) is 0 Å². The van der Waals surface area contributed by atoms with Crippen molar-refractivity contribution < 1.29 is 0 Å². The molecule has 4 aromatic rings. The number of fused-ring (bicyclic) bond motifs is 1. The second-order valence-corrected chi connectivity index (χ2v) is 5.67. The van der Waals surface area contributed by atoms with E-state index in [0.717, 1.165) is 22.6 Å². The predicted octanol–water partition coefficient (Wildman–Crippen LogP) is 2.79. The first-order valence-corrected chi connectivity index (χ1v) is 7.75. The fourth-order valence-corrected chi connectivity index (χ4v) is 2.84. The Morgan fingerprint density at radius 3 is 2.88 bits per heavy atom. The van der Waals surface area contributed by atoms with Crippen LogP contribution in [0.4, 0.5) is 5.69 Å². The van der Waals surface area contributed by atoms with E-state index in [1.165, 1.54) is 0 Å². The summed E-state index contributed by atoms with van der Waals surface area (Å²) in [5.41, 5.74) is 4.71. The molecule has 1 aromatic carbocycles. The van der Waals surface area contributed by atoms with Crippen LogP contribution in [-0.2, 0) is 0 Å². The molecule has 0 spiro atoms. The average Bonchev–Trinajstić information content (AvgIpc) is 3.26. The molecule has 120 valence electrons. The topological polar surface area (TPSA) is 72.9 Å². The molecule has 0 saturated carbocycles. The summed E-state index contributed by atoms with van der Waals surface area (Å²) in [6.07, 6.45) is 5.33. The van der Waals surface area contributed by atoms with Crippen molar-refractivity contribution in [2.75, 3.05) is 5.32 Å². The van der Waals surface area contributed by atoms with Gasteiger partial charge in [0.05, 0.1) is 23.1 Å². The molecule has 0 saturated heterocycles. The molecule has 4 rings (SSSR count). The third kappa shape index (κ3) is 2.50. The molecule has 1 atom stereocenters. The van der Waals surface area contributed by atoms with Gasteiger partial charge in [0.1, 0.15) is 6.33 Å². The van der Waals surface area contributed by atoms with Crippen molar-refractivity contribution in [1.29, 1.82) is 0 Å². The molecule has 0 bridgehead atoms. The molecule has 24 heavy (non-hydrogen) atoms. The van der Waals surface area contributed by atoms with Gasteiger partial charge in [-0.15, -0.1) is 10.2 Å². The largest absolute Gasteiger partial charge is 0.375 e. The minimum Gasteiger partial charge on any atom is -0.375 e. The van der Waals surface area contributed by atoms with Crippen LogP contribution in [0.2, 0.25) is 0 Å². The van der Waals surface area contributed by atoms with E-state index >= 15 is 0 Å². The van der Waals surface area contributed by atoms with E-state index < -0.39 is 0 Å². The smallest absolute Gasteiger partial charge is 0.200 e. The van der Waals surface area contributed by atoms with Gasteiger partial charge in [-0.05, 0) is 37.6 Å². The van der Waals surface area contributed by atoms with E-state index in [-0.39, 0.29) is 6.04 Å². The number of nitrogens with one attached hydrogen (secondary N) is 1. The highest BCUT2D eigenvalue weighted by Crippen LogP contribution is 2.26. The first-order valence-electron chi connectivity index (χ1n) is 7.75. The summed E-state index contributed by atoms with van der Waals surface area (Å²) >= 11 is 0. The second-order valence-electron chi connectivity index (χ2n) is 5.67. The van der Waals surface area contributed by atoms with E-state index in [1.54, 1.807) is 17.0 Å². The quantitative estimate of drug-likeness (QED) is 0.626. The van der Waals surface area contributed by atoms with Gasteiger partial charge in [0, 0.05) is 12.4 Å². The fraction of sp³-hybridized carbons (Fsp3) is 0.176. The zero-order valence-electron chi connectivity index (χ0n) is 13.5. The maximum atomic E-state index is 4.37. The lowest BCUT2D eigenvalue weighted by molar-refractivity contribution is 0.814. The first-order chi connectivity index (χ1) is 11.7. The van der Waals surface area contributed by atoms with Gasteiger partial charge in [-0.2, -0.15) is 14.7 Å². The van der Waals surface area contributed by atoms with Crippen molar-refractivity contribution in [3.63, 3.8) is 0 Å². The first kappa shape index (κ1) is 14.4. The van der Waals surface area contributed by atoms with Gasteiger partial charge < -0.3 is 5.32 Å². The molecule has 0 radical (unpaired) electrons. The minimum atomic E-state index is 0.0627. The summed E-state index contributed by atoms with van der Waals surface area (Å²) in [6.45, 7) is 4.07. The lowest BCUT2D eigenvalue weighted by atomic mass is 10.1. The van der Waals surface area contributed by atoms with Crippen molar-refractivity contribution in [2.24, 2.45) is 0 Å². The molecule has 3 heterocycles. The molecule has 0 aliphatic carbocycles. The van der Waals surface area contributed by atoms with Gasteiger partial charge in [0.15, 0.2) is 0 Å². The van der Waals surface area contributed by atoms with E-state index in [2.05, 4.69) is 44.8 Å². The molecule has 1 N–H and O–H groups in total. The van der Waals surface area contributed by atoms with Crippen molar-refractivity contribution in [1.82, 2.24) is 29.6 Å². The lowest BCUT2D eigenvalue weighted by Crippen LogP contribution is -2.12. The number of aromatic nitrogens is 6.